The Bertz CT molecular complexity index is 661. The van der Waals surface area contributed by atoms with Gasteiger partial charge in [-0.1, -0.05) is 11.6 Å². The number of hydrogen-bond acceptors (Lipinski definition) is 3. The van der Waals surface area contributed by atoms with E-state index in [-0.39, 0.29) is 11.7 Å². The van der Waals surface area contributed by atoms with Crippen LogP contribution in [0.3, 0.4) is 0 Å². The molecule has 0 saturated carbocycles. The molecule has 0 saturated heterocycles. The third-order valence-corrected chi connectivity index (χ3v) is 3.15. The van der Waals surface area contributed by atoms with Crippen LogP contribution in [0.5, 0.6) is 11.5 Å². The maximum absolute atomic E-state index is 12.8. The lowest BCUT2D eigenvalue weighted by Crippen LogP contribution is -2.30. The van der Waals surface area contributed by atoms with Crippen LogP contribution in [0.4, 0.5) is 10.1 Å². The number of anilines is 1. The van der Waals surface area contributed by atoms with Crippen molar-refractivity contribution in [1.29, 1.82) is 0 Å². The molecule has 0 radical (unpaired) electrons. The van der Waals surface area contributed by atoms with Crippen molar-refractivity contribution in [3.8, 4) is 11.5 Å². The summed E-state index contributed by atoms with van der Waals surface area (Å²) in [5.74, 6) is 0.159. The number of ether oxygens (including phenoxy) is 2. The molecule has 6 heteroatoms. The first-order valence-electron chi connectivity index (χ1n) is 6.56. The molecule has 0 aliphatic rings. The molecular weight excluding hydrogens is 309 g/mol. The third kappa shape index (κ3) is 4.11. The quantitative estimate of drug-likeness (QED) is 0.908. The van der Waals surface area contributed by atoms with Crippen molar-refractivity contribution in [2.75, 3.05) is 12.4 Å². The summed E-state index contributed by atoms with van der Waals surface area (Å²) in [7, 11) is 1.50. The van der Waals surface area contributed by atoms with Gasteiger partial charge in [-0.25, -0.2) is 4.39 Å². The predicted molar refractivity (Wildman–Crippen MR) is 83.1 cm³/mol. The Morgan fingerprint density at radius 2 is 1.91 bits per heavy atom. The summed E-state index contributed by atoms with van der Waals surface area (Å²) >= 11 is 5.91. The lowest BCUT2D eigenvalue weighted by Gasteiger charge is -2.16. The number of benzene rings is 2. The van der Waals surface area contributed by atoms with Crippen LogP contribution >= 0.6 is 11.6 Å². The second-order valence-electron chi connectivity index (χ2n) is 4.55. The molecule has 0 aromatic heterocycles. The molecule has 4 nitrogen and oxygen atoms in total. The molecule has 1 amide bonds. The Labute approximate surface area is 132 Å². The molecule has 2 aromatic carbocycles. The number of carbonyl (C=O) groups excluding carboxylic acids is 1. The monoisotopic (exact) mass is 323 g/mol. The van der Waals surface area contributed by atoms with Gasteiger partial charge in [0.1, 0.15) is 17.3 Å². The number of hydrogen-bond donors (Lipinski definition) is 1. The fourth-order valence-electron chi connectivity index (χ4n) is 1.78. The fourth-order valence-corrected chi connectivity index (χ4v) is 1.96. The largest absolute Gasteiger partial charge is 0.495 e. The average molecular weight is 324 g/mol. The highest BCUT2D eigenvalue weighted by molar-refractivity contribution is 6.31. The second kappa shape index (κ2) is 7.13. The SMILES string of the molecule is COc1ccc(Cl)cc1NC(=O)[C@@H](C)Oc1ccc(F)cc1. The van der Waals surface area contributed by atoms with Gasteiger partial charge in [0.2, 0.25) is 0 Å². The minimum atomic E-state index is -0.769. The van der Waals surface area contributed by atoms with E-state index in [9.17, 15) is 9.18 Å². The molecule has 0 heterocycles. The zero-order valence-electron chi connectivity index (χ0n) is 12.1. The topological polar surface area (TPSA) is 47.6 Å². The maximum Gasteiger partial charge on any atom is 0.265 e. The standard InChI is InChI=1S/C16H15ClFNO3/c1-10(22-13-6-4-12(18)5-7-13)16(20)19-14-9-11(17)3-8-15(14)21-2/h3-10H,1-2H3,(H,19,20)/t10-/m1/s1. The zero-order chi connectivity index (χ0) is 16.1. The first-order chi connectivity index (χ1) is 10.5. The van der Waals surface area contributed by atoms with Crippen molar-refractivity contribution in [2.45, 2.75) is 13.0 Å². The number of nitrogens with one attached hydrogen (secondary N) is 1. The van der Waals surface area contributed by atoms with Gasteiger partial charge in [0.05, 0.1) is 12.8 Å². The average Bonchev–Trinajstić information content (AvgIpc) is 2.49. The van der Waals surface area contributed by atoms with Gasteiger partial charge < -0.3 is 14.8 Å². The van der Waals surface area contributed by atoms with Crippen molar-refractivity contribution in [3.63, 3.8) is 0 Å². The van der Waals surface area contributed by atoms with Gasteiger partial charge in [0.25, 0.3) is 5.91 Å². The van der Waals surface area contributed by atoms with Crippen LogP contribution in [0, 0.1) is 5.82 Å². The van der Waals surface area contributed by atoms with E-state index in [0.29, 0.717) is 22.2 Å². The van der Waals surface area contributed by atoms with Crippen molar-refractivity contribution >= 4 is 23.2 Å². The van der Waals surface area contributed by atoms with Gasteiger partial charge in [-0.15, -0.1) is 0 Å². The second-order valence-corrected chi connectivity index (χ2v) is 4.98. The van der Waals surface area contributed by atoms with Gasteiger partial charge in [-0.3, -0.25) is 4.79 Å². The minimum Gasteiger partial charge on any atom is -0.495 e. The van der Waals surface area contributed by atoms with Gasteiger partial charge in [-0.05, 0) is 49.4 Å². The molecule has 116 valence electrons. The smallest absolute Gasteiger partial charge is 0.265 e. The molecule has 0 fully saturated rings. The van der Waals surface area contributed by atoms with Crippen LogP contribution in [-0.4, -0.2) is 19.1 Å². The summed E-state index contributed by atoms with van der Waals surface area (Å²) in [5.41, 5.74) is 0.453. The van der Waals surface area contributed by atoms with E-state index in [1.54, 1.807) is 25.1 Å². The van der Waals surface area contributed by atoms with Crippen molar-refractivity contribution < 1.29 is 18.7 Å². The normalized spacial score (nSPS) is 11.6. The van der Waals surface area contributed by atoms with E-state index in [1.165, 1.54) is 31.4 Å². The highest BCUT2D eigenvalue weighted by atomic mass is 35.5. The Kier molecular flexibility index (Phi) is 5.22. The van der Waals surface area contributed by atoms with Gasteiger partial charge in [-0.2, -0.15) is 0 Å². The Morgan fingerprint density at radius 3 is 2.55 bits per heavy atom. The van der Waals surface area contributed by atoms with E-state index in [1.807, 2.05) is 0 Å². The van der Waals surface area contributed by atoms with Crippen molar-refractivity contribution in [3.05, 3.63) is 53.3 Å². The van der Waals surface area contributed by atoms with Crippen molar-refractivity contribution in [2.24, 2.45) is 0 Å². The molecule has 22 heavy (non-hydrogen) atoms. The molecule has 2 aromatic rings. The highest BCUT2D eigenvalue weighted by Crippen LogP contribution is 2.28. The van der Waals surface area contributed by atoms with E-state index < -0.39 is 6.10 Å². The van der Waals surface area contributed by atoms with Gasteiger partial charge in [0.15, 0.2) is 6.10 Å². The number of carbonyl (C=O) groups is 1. The minimum absolute atomic E-state index is 0.367. The first kappa shape index (κ1) is 16.1. The number of methoxy groups -OCH3 is 1. The predicted octanol–water partition coefficient (Wildman–Crippen LogP) is 3.89. The Hall–Kier alpha value is -2.27. The molecule has 0 unspecified atom stereocenters. The molecular formula is C16H15ClFNO3. The number of rotatable bonds is 5. The summed E-state index contributed by atoms with van der Waals surface area (Å²) in [6, 6.07) is 10.3. The first-order valence-corrected chi connectivity index (χ1v) is 6.94. The van der Waals surface area contributed by atoms with Crippen LogP contribution in [0.25, 0.3) is 0 Å². The van der Waals surface area contributed by atoms with E-state index >= 15 is 0 Å². The van der Waals surface area contributed by atoms with Crippen LogP contribution < -0.4 is 14.8 Å². The van der Waals surface area contributed by atoms with Crippen LogP contribution in [-0.2, 0) is 4.79 Å². The summed E-state index contributed by atoms with van der Waals surface area (Å²) in [5, 5.41) is 3.16. The lowest BCUT2D eigenvalue weighted by atomic mass is 10.2. The molecule has 1 atom stereocenters. The van der Waals surface area contributed by atoms with E-state index in [0.717, 1.165) is 0 Å². The van der Waals surface area contributed by atoms with E-state index in [2.05, 4.69) is 5.32 Å². The van der Waals surface area contributed by atoms with Gasteiger partial charge >= 0.3 is 0 Å². The zero-order valence-corrected chi connectivity index (χ0v) is 12.9. The summed E-state index contributed by atoms with van der Waals surface area (Å²) in [6.07, 6.45) is -0.769. The van der Waals surface area contributed by atoms with Crippen molar-refractivity contribution in [1.82, 2.24) is 0 Å². The Balaban J connectivity index is 2.05. The highest BCUT2D eigenvalue weighted by Gasteiger charge is 2.17. The fraction of sp³-hybridized carbons (Fsp3) is 0.188. The van der Waals surface area contributed by atoms with Crippen LogP contribution in [0.15, 0.2) is 42.5 Å². The van der Waals surface area contributed by atoms with Gasteiger partial charge in [0, 0.05) is 5.02 Å². The molecule has 0 aliphatic carbocycles. The Morgan fingerprint density at radius 1 is 1.23 bits per heavy atom. The lowest BCUT2D eigenvalue weighted by molar-refractivity contribution is -0.122. The maximum atomic E-state index is 12.8. The third-order valence-electron chi connectivity index (χ3n) is 2.92. The molecule has 0 spiro atoms. The number of amides is 1. The molecule has 2 rings (SSSR count). The summed E-state index contributed by atoms with van der Waals surface area (Å²) in [4.78, 5) is 12.2. The van der Waals surface area contributed by atoms with E-state index in [4.69, 9.17) is 21.1 Å². The summed E-state index contributed by atoms with van der Waals surface area (Å²) in [6.45, 7) is 1.59. The van der Waals surface area contributed by atoms with Crippen LogP contribution in [0.1, 0.15) is 6.92 Å². The molecule has 0 bridgehead atoms. The summed E-state index contributed by atoms with van der Waals surface area (Å²) < 4.78 is 23.4. The van der Waals surface area contributed by atoms with Crippen LogP contribution in [0.2, 0.25) is 5.02 Å². The molecule has 1 N–H and O–H groups in total. The molecule has 0 aliphatic heterocycles. The number of halogens is 2.